The number of halogens is 4. The standard InChI is InChI=1S/C8H11F3N4O2S.ClH/c1-17-3-2-12-4-5(16)13-7-15-14-6(18-7)8(9,10)11;/h12H,2-4H2,1H3,(H,13,15,16);1H. The summed E-state index contributed by atoms with van der Waals surface area (Å²) in [6.07, 6.45) is -4.54. The minimum Gasteiger partial charge on any atom is -0.383 e. The largest absolute Gasteiger partial charge is 0.445 e. The van der Waals surface area contributed by atoms with Crippen LogP contribution in [0.25, 0.3) is 0 Å². The van der Waals surface area contributed by atoms with E-state index in [1.807, 2.05) is 0 Å². The predicted octanol–water partition coefficient (Wildman–Crippen LogP) is 1.15. The molecule has 2 N–H and O–H groups in total. The van der Waals surface area contributed by atoms with Crippen LogP contribution < -0.4 is 10.6 Å². The molecule has 0 spiro atoms. The van der Waals surface area contributed by atoms with Crippen molar-refractivity contribution < 1.29 is 22.7 Å². The maximum absolute atomic E-state index is 12.2. The van der Waals surface area contributed by atoms with Crippen molar-refractivity contribution in [2.45, 2.75) is 6.18 Å². The fourth-order valence-electron chi connectivity index (χ4n) is 0.928. The number of carbonyl (C=O) groups excluding carboxylic acids is 1. The zero-order valence-electron chi connectivity index (χ0n) is 9.78. The van der Waals surface area contributed by atoms with E-state index in [0.29, 0.717) is 13.2 Å². The van der Waals surface area contributed by atoms with Crippen LogP contribution in [0.5, 0.6) is 0 Å². The maximum atomic E-state index is 12.2. The number of methoxy groups -OCH3 is 1. The number of alkyl halides is 3. The third-order valence-electron chi connectivity index (χ3n) is 1.68. The lowest BCUT2D eigenvalue weighted by molar-refractivity contribution is -0.138. The third kappa shape index (κ3) is 6.66. The summed E-state index contributed by atoms with van der Waals surface area (Å²) in [5.41, 5.74) is 0. The van der Waals surface area contributed by atoms with Crippen LogP contribution in [0.3, 0.4) is 0 Å². The number of nitrogens with zero attached hydrogens (tertiary/aromatic N) is 2. The summed E-state index contributed by atoms with van der Waals surface area (Å²) in [5.74, 6) is -0.490. The lowest BCUT2D eigenvalue weighted by Gasteiger charge is -2.03. The van der Waals surface area contributed by atoms with Gasteiger partial charge in [0.2, 0.25) is 16.0 Å². The van der Waals surface area contributed by atoms with E-state index in [4.69, 9.17) is 4.74 Å². The van der Waals surface area contributed by atoms with Gasteiger partial charge in [0.1, 0.15) is 0 Å². The molecule has 0 fully saturated rings. The summed E-state index contributed by atoms with van der Waals surface area (Å²) in [4.78, 5) is 11.3. The molecule has 1 rings (SSSR count). The number of ether oxygens (including phenoxy) is 1. The van der Waals surface area contributed by atoms with Crippen LogP contribution in [-0.2, 0) is 15.7 Å². The summed E-state index contributed by atoms with van der Waals surface area (Å²) in [6.45, 7) is 0.864. The van der Waals surface area contributed by atoms with E-state index in [9.17, 15) is 18.0 Å². The number of hydrogen-bond donors (Lipinski definition) is 2. The maximum Gasteiger partial charge on any atom is 0.445 e. The van der Waals surface area contributed by atoms with Gasteiger partial charge in [-0.1, -0.05) is 11.3 Å². The van der Waals surface area contributed by atoms with Crippen LogP contribution in [0.15, 0.2) is 0 Å². The molecule has 6 nitrogen and oxygen atoms in total. The average molecular weight is 321 g/mol. The molecule has 1 aromatic rings. The molecule has 0 bridgehead atoms. The first kappa shape index (κ1) is 18.0. The lowest BCUT2D eigenvalue weighted by Crippen LogP contribution is -2.30. The van der Waals surface area contributed by atoms with Crippen molar-refractivity contribution >= 4 is 34.8 Å². The average Bonchev–Trinajstić information content (AvgIpc) is 2.72. The molecular weight excluding hydrogens is 309 g/mol. The Hall–Kier alpha value is -0.970. The molecule has 0 aliphatic heterocycles. The minimum atomic E-state index is -4.54. The highest BCUT2D eigenvalue weighted by Crippen LogP contribution is 2.32. The molecule has 0 radical (unpaired) electrons. The van der Waals surface area contributed by atoms with Gasteiger partial charge >= 0.3 is 6.18 Å². The molecule has 1 heterocycles. The second-order valence-electron chi connectivity index (χ2n) is 3.13. The molecule has 110 valence electrons. The van der Waals surface area contributed by atoms with Crippen molar-refractivity contribution in [3.63, 3.8) is 0 Å². The van der Waals surface area contributed by atoms with Gasteiger partial charge in [-0.3, -0.25) is 10.1 Å². The molecular formula is C8H12ClF3N4O2S. The van der Waals surface area contributed by atoms with Gasteiger partial charge in [-0.15, -0.1) is 22.6 Å². The molecule has 0 saturated heterocycles. The highest BCUT2D eigenvalue weighted by Gasteiger charge is 2.35. The van der Waals surface area contributed by atoms with Gasteiger partial charge in [0.15, 0.2) is 0 Å². The molecule has 0 saturated carbocycles. The zero-order valence-corrected chi connectivity index (χ0v) is 11.4. The number of nitrogens with one attached hydrogen (secondary N) is 2. The van der Waals surface area contributed by atoms with E-state index in [1.165, 1.54) is 7.11 Å². The van der Waals surface area contributed by atoms with Gasteiger partial charge in [0, 0.05) is 13.7 Å². The van der Waals surface area contributed by atoms with E-state index in [1.54, 1.807) is 0 Å². The Kier molecular flexibility index (Phi) is 7.83. The Bertz CT molecular complexity index is 402. The fraction of sp³-hybridized carbons (Fsp3) is 0.625. The fourth-order valence-corrected chi connectivity index (χ4v) is 1.55. The van der Waals surface area contributed by atoms with Crippen molar-refractivity contribution in [2.75, 3.05) is 32.1 Å². The third-order valence-corrected chi connectivity index (χ3v) is 2.57. The summed E-state index contributed by atoms with van der Waals surface area (Å²) < 4.78 is 41.3. The first-order valence-corrected chi connectivity index (χ1v) is 5.65. The quantitative estimate of drug-likeness (QED) is 0.769. The van der Waals surface area contributed by atoms with Crippen LogP contribution >= 0.6 is 23.7 Å². The van der Waals surface area contributed by atoms with Gasteiger partial charge in [-0.05, 0) is 0 Å². The number of hydrogen-bond acceptors (Lipinski definition) is 6. The Morgan fingerprint density at radius 3 is 2.63 bits per heavy atom. The van der Waals surface area contributed by atoms with Gasteiger partial charge in [0.05, 0.1) is 13.2 Å². The summed E-state index contributed by atoms with van der Waals surface area (Å²) in [7, 11) is 1.52. The Morgan fingerprint density at radius 2 is 2.11 bits per heavy atom. The van der Waals surface area contributed by atoms with E-state index < -0.39 is 17.1 Å². The van der Waals surface area contributed by atoms with Crippen LogP contribution in [0, 0.1) is 0 Å². The molecule has 0 unspecified atom stereocenters. The molecule has 11 heteroatoms. The second kappa shape index (κ2) is 8.25. The van der Waals surface area contributed by atoms with Crippen LogP contribution in [0.1, 0.15) is 5.01 Å². The number of anilines is 1. The topological polar surface area (TPSA) is 76.1 Å². The molecule has 0 atom stereocenters. The van der Waals surface area contributed by atoms with Crippen LogP contribution in [0.4, 0.5) is 18.3 Å². The lowest BCUT2D eigenvalue weighted by atomic mass is 10.5. The van der Waals surface area contributed by atoms with Crippen LogP contribution in [0.2, 0.25) is 0 Å². The predicted molar refractivity (Wildman–Crippen MR) is 65.5 cm³/mol. The van der Waals surface area contributed by atoms with Crippen molar-refractivity contribution in [3.05, 3.63) is 5.01 Å². The first-order chi connectivity index (χ1) is 8.43. The van der Waals surface area contributed by atoms with Crippen molar-refractivity contribution in [2.24, 2.45) is 0 Å². The highest BCUT2D eigenvalue weighted by atomic mass is 35.5. The Labute approximate surface area is 117 Å². The van der Waals surface area contributed by atoms with Crippen molar-refractivity contribution in [1.29, 1.82) is 0 Å². The van der Waals surface area contributed by atoms with Crippen LogP contribution in [-0.4, -0.2) is 42.9 Å². The van der Waals surface area contributed by atoms with Gasteiger partial charge in [-0.25, -0.2) is 0 Å². The van der Waals surface area contributed by atoms with Crippen molar-refractivity contribution in [3.8, 4) is 0 Å². The molecule has 19 heavy (non-hydrogen) atoms. The van der Waals surface area contributed by atoms with Crippen molar-refractivity contribution in [1.82, 2.24) is 15.5 Å². The molecule has 1 aromatic heterocycles. The normalized spacial score (nSPS) is 10.9. The van der Waals surface area contributed by atoms with E-state index in [-0.39, 0.29) is 35.4 Å². The van der Waals surface area contributed by atoms with E-state index >= 15 is 0 Å². The molecule has 0 aliphatic carbocycles. The smallest absolute Gasteiger partial charge is 0.383 e. The first-order valence-electron chi connectivity index (χ1n) is 4.83. The Morgan fingerprint density at radius 1 is 1.42 bits per heavy atom. The molecule has 0 aliphatic rings. The highest BCUT2D eigenvalue weighted by molar-refractivity contribution is 7.15. The zero-order chi connectivity index (χ0) is 13.6. The summed E-state index contributed by atoms with van der Waals surface area (Å²) >= 11 is 0.280. The van der Waals surface area contributed by atoms with E-state index in [0.717, 1.165) is 0 Å². The summed E-state index contributed by atoms with van der Waals surface area (Å²) in [6, 6.07) is 0. The number of rotatable bonds is 6. The SMILES string of the molecule is COCCNCC(=O)Nc1nnc(C(F)(F)F)s1.Cl. The number of aromatic nitrogens is 2. The van der Waals surface area contributed by atoms with Gasteiger partial charge in [0.25, 0.3) is 0 Å². The minimum absolute atomic E-state index is 0. The molecule has 1 amide bonds. The number of carbonyl (C=O) groups is 1. The molecule has 0 aromatic carbocycles. The van der Waals surface area contributed by atoms with Gasteiger partial charge in [-0.2, -0.15) is 13.2 Å². The second-order valence-corrected chi connectivity index (χ2v) is 4.11. The monoisotopic (exact) mass is 320 g/mol. The number of amides is 1. The summed E-state index contributed by atoms with van der Waals surface area (Å²) in [5, 5.41) is 9.85. The van der Waals surface area contributed by atoms with Gasteiger partial charge < -0.3 is 10.1 Å². The van der Waals surface area contributed by atoms with E-state index in [2.05, 4.69) is 20.8 Å². The Balaban J connectivity index is 0.00000324.